The Morgan fingerprint density at radius 2 is 2.19 bits per heavy atom. The van der Waals surface area contributed by atoms with Gasteiger partial charge >= 0.3 is 0 Å². The average molecular weight is 370 g/mol. The molecule has 7 heteroatoms. The lowest BCUT2D eigenvalue weighted by atomic mass is 10.2. The highest BCUT2D eigenvalue weighted by atomic mass is 16.5. The van der Waals surface area contributed by atoms with Crippen molar-refractivity contribution in [2.24, 2.45) is 0 Å². The van der Waals surface area contributed by atoms with Crippen molar-refractivity contribution in [3.63, 3.8) is 0 Å². The van der Waals surface area contributed by atoms with Crippen molar-refractivity contribution < 1.29 is 14.3 Å². The number of imidazole rings is 1. The van der Waals surface area contributed by atoms with Gasteiger partial charge in [-0.2, -0.15) is 0 Å². The van der Waals surface area contributed by atoms with Crippen molar-refractivity contribution in [1.29, 1.82) is 0 Å². The molecule has 1 unspecified atom stereocenters. The summed E-state index contributed by atoms with van der Waals surface area (Å²) in [5.74, 6) is 0.729. The smallest absolute Gasteiger partial charge is 0.249 e. The zero-order valence-electron chi connectivity index (χ0n) is 15.4. The SMILES string of the molecule is C=CCNC(=O)Cn1c(CCCNC(=O)C2CCCO2)nc2ccccc21. The minimum Gasteiger partial charge on any atom is -0.368 e. The third-order valence-corrected chi connectivity index (χ3v) is 4.58. The number of amides is 2. The number of hydrogen-bond acceptors (Lipinski definition) is 4. The molecular formula is C20H26N4O3. The number of nitrogens with zero attached hydrogens (tertiary/aromatic N) is 2. The molecule has 0 aliphatic carbocycles. The fourth-order valence-corrected chi connectivity index (χ4v) is 3.23. The molecule has 0 saturated carbocycles. The van der Waals surface area contributed by atoms with Crippen LogP contribution in [0.3, 0.4) is 0 Å². The minimum absolute atomic E-state index is 0.0372. The molecule has 2 heterocycles. The van der Waals surface area contributed by atoms with Crippen molar-refractivity contribution in [1.82, 2.24) is 20.2 Å². The van der Waals surface area contributed by atoms with Gasteiger partial charge in [-0.25, -0.2) is 4.98 Å². The first-order valence-corrected chi connectivity index (χ1v) is 9.40. The molecule has 1 aliphatic heterocycles. The normalized spacial score (nSPS) is 16.4. The zero-order valence-corrected chi connectivity index (χ0v) is 15.4. The van der Waals surface area contributed by atoms with Gasteiger partial charge in [-0.05, 0) is 31.4 Å². The number of aromatic nitrogens is 2. The fraction of sp³-hybridized carbons (Fsp3) is 0.450. The van der Waals surface area contributed by atoms with E-state index in [9.17, 15) is 9.59 Å². The lowest BCUT2D eigenvalue weighted by Gasteiger charge is -2.11. The maximum atomic E-state index is 12.2. The van der Waals surface area contributed by atoms with E-state index in [0.29, 0.717) is 26.1 Å². The molecule has 3 rings (SSSR count). The number of ether oxygens (including phenoxy) is 1. The minimum atomic E-state index is -0.303. The standard InChI is InChI=1S/C20H26N4O3/c1-2-11-21-19(25)14-24-16-8-4-3-7-15(16)23-18(24)10-5-12-22-20(26)17-9-6-13-27-17/h2-4,7-8,17H,1,5-6,9-14H2,(H,21,25)(H,22,26). The molecule has 1 atom stereocenters. The average Bonchev–Trinajstić information content (AvgIpc) is 3.32. The van der Waals surface area contributed by atoms with Crippen LogP contribution in [0.4, 0.5) is 0 Å². The summed E-state index contributed by atoms with van der Waals surface area (Å²) >= 11 is 0. The molecule has 2 amide bonds. The molecule has 7 nitrogen and oxygen atoms in total. The number of carbonyl (C=O) groups is 2. The molecule has 0 spiro atoms. The van der Waals surface area contributed by atoms with Gasteiger partial charge in [-0.3, -0.25) is 9.59 Å². The summed E-state index contributed by atoms with van der Waals surface area (Å²) in [4.78, 5) is 28.8. The summed E-state index contributed by atoms with van der Waals surface area (Å²) in [7, 11) is 0. The van der Waals surface area contributed by atoms with Crippen molar-refractivity contribution in [2.75, 3.05) is 19.7 Å². The van der Waals surface area contributed by atoms with Crippen LogP contribution in [0.5, 0.6) is 0 Å². The molecular weight excluding hydrogens is 344 g/mol. The van der Waals surface area contributed by atoms with E-state index in [2.05, 4.69) is 22.2 Å². The van der Waals surface area contributed by atoms with Gasteiger partial charge in [0.2, 0.25) is 11.8 Å². The molecule has 27 heavy (non-hydrogen) atoms. The maximum Gasteiger partial charge on any atom is 0.249 e. The van der Waals surface area contributed by atoms with Crippen molar-refractivity contribution in [2.45, 2.75) is 38.3 Å². The summed E-state index contributed by atoms with van der Waals surface area (Å²) in [6.07, 6.45) is 4.51. The van der Waals surface area contributed by atoms with E-state index in [1.807, 2.05) is 28.8 Å². The highest BCUT2D eigenvalue weighted by Crippen LogP contribution is 2.17. The van der Waals surface area contributed by atoms with Gasteiger partial charge < -0.3 is 19.9 Å². The molecule has 1 fully saturated rings. The third-order valence-electron chi connectivity index (χ3n) is 4.58. The van der Waals surface area contributed by atoms with Crippen LogP contribution in [0.1, 0.15) is 25.1 Å². The van der Waals surface area contributed by atoms with Crippen LogP contribution in [0.15, 0.2) is 36.9 Å². The van der Waals surface area contributed by atoms with E-state index < -0.39 is 0 Å². The van der Waals surface area contributed by atoms with E-state index in [4.69, 9.17) is 4.74 Å². The second-order valence-corrected chi connectivity index (χ2v) is 6.59. The second-order valence-electron chi connectivity index (χ2n) is 6.59. The topological polar surface area (TPSA) is 85.2 Å². The number of nitrogens with one attached hydrogen (secondary N) is 2. The Balaban J connectivity index is 1.60. The van der Waals surface area contributed by atoms with Crippen molar-refractivity contribution in [3.05, 3.63) is 42.7 Å². The van der Waals surface area contributed by atoms with Gasteiger partial charge in [0.05, 0.1) is 11.0 Å². The Bertz CT molecular complexity index is 809. The summed E-state index contributed by atoms with van der Waals surface area (Å²) in [5, 5.41) is 5.72. The zero-order chi connectivity index (χ0) is 19.1. The predicted octanol–water partition coefficient (Wildman–Crippen LogP) is 1.57. The lowest BCUT2D eigenvalue weighted by Crippen LogP contribution is -2.34. The number of hydrogen-bond donors (Lipinski definition) is 2. The van der Waals surface area contributed by atoms with Gasteiger partial charge in [-0.15, -0.1) is 6.58 Å². The third kappa shape index (κ3) is 4.95. The van der Waals surface area contributed by atoms with E-state index in [1.165, 1.54) is 0 Å². The Labute approximate surface area is 158 Å². The first-order chi connectivity index (χ1) is 13.2. The molecule has 1 saturated heterocycles. The van der Waals surface area contributed by atoms with E-state index in [0.717, 1.165) is 36.1 Å². The van der Waals surface area contributed by atoms with E-state index in [1.54, 1.807) is 6.08 Å². The summed E-state index contributed by atoms with van der Waals surface area (Å²) in [6.45, 7) is 5.49. The Morgan fingerprint density at radius 1 is 1.33 bits per heavy atom. The molecule has 1 aromatic heterocycles. The molecule has 1 aliphatic rings. The van der Waals surface area contributed by atoms with Crippen LogP contribution in [0, 0.1) is 0 Å². The van der Waals surface area contributed by atoms with Gasteiger partial charge in [0, 0.05) is 26.1 Å². The summed E-state index contributed by atoms with van der Waals surface area (Å²) < 4.78 is 7.33. The predicted molar refractivity (Wildman–Crippen MR) is 103 cm³/mol. The van der Waals surface area contributed by atoms with Gasteiger partial charge in [0.25, 0.3) is 0 Å². The van der Waals surface area contributed by atoms with Crippen molar-refractivity contribution >= 4 is 22.8 Å². The monoisotopic (exact) mass is 370 g/mol. The van der Waals surface area contributed by atoms with Gasteiger partial charge in [-0.1, -0.05) is 18.2 Å². The van der Waals surface area contributed by atoms with Crippen LogP contribution >= 0.6 is 0 Å². The highest BCUT2D eigenvalue weighted by Gasteiger charge is 2.23. The van der Waals surface area contributed by atoms with Gasteiger partial charge in [0.15, 0.2) is 0 Å². The molecule has 2 N–H and O–H groups in total. The fourth-order valence-electron chi connectivity index (χ4n) is 3.23. The number of fused-ring (bicyclic) bond motifs is 1. The number of para-hydroxylation sites is 2. The van der Waals surface area contributed by atoms with Crippen LogP contribution in [0.2, 0.25) is 0 Å². The number of aryl methyl sites for hydroxylation is 1. The Hall–Kier alpha value is -2.67. The van der Waals surface area contributed by atoms with Crippen LogP contribution in [0.25, 0.3) is 11.0 Å². The second kappa shape index (κ2) is 9.32. The molecule has 144 valence electrons. The number of carbonyl (C=O) groups excluding carboxylic acids is 2. The van der Waals surface area contributed by atoms with E-state index in [-0.39, 0.29) is 24.5 Å². The largest absolute Gasteiger partial charge is 0.368 e. The first-order valence-electron chi connectivity index (χ1n) is 9.40. The maximum absolute atomic E-state index is 12.2. The highest BCUT2D eigenvalue weighted by molar-refractivity contribution is 5.81. The lowest BCUT2D eigenvalue weighted by molar-refractivity contribution is -0.130. The summed E-state index contributed by atoms with van der Waals surface area (Å²) in [5.41, 5.74) is 1.80. The molecule has 2 aromatic rings. The van der Waals surface area contributed by atoms with Crippen LogP contribution in [-0.2, 0) is 27.3 Å². The summed E-state index contributed by atoms with van der Waals surface area (Å²) in [6, 6.07) is 7.78. The molecule has 0 bridgehead atoms. The molecule has 0 radical (unpaired) electrons. The first kappa shape index (κ1) is 19.1. The number of benzene rings is 1. The molecule has 1 aromatic carbocycles. The van der Waals surface area contributed by atoms with Gasteiger partial charge in [0.1, 0.15) is 18.5 Å². The Morgan fingerprint density at radius 3 is 2.96 bits per heavy atom. The Kier molecular flexibility index (Phi) is 6.59. The van der Waals surface area contributed by atoms with Crippen LogP contribution < -0.4 is 10.6 Å². The van der Waals surface area contributed by atoms with Crippen molar-refractivity contribution in [3.8, 4) is 0 Å². The number of rotatable bonds is 9. The van der Waals surface area contributed by atoms with Crippen LogP contribution in [-0.4, -0.2) is 47.2 Å². The van der Waals surface area contributed by atoms with E-state index >= 15 is 0 Å². The quantitative estimate of drug-likeness (QED) is 0.518.